The zero-order valence-corrected chi connectivity index (χ0v) is 15.1. The predicted octanol–water partition coefficient (Wildman–Crippen LogP) is 2.81. The molecule has 0 N–H and O–H groups in total. The highest BCUT2D eigenvalue weighted by Gasteiger charge is 2.24. The molecule has 1 saturated heterocycles. The lowest BCUT2D eigenvalue weighted by Crippen LogP contribution is -2.45. The van der Waals surface area contributed by atoms with Crippen molar-refractivity contribution in [1.29, 1.82) is 0 Å². The van der Waals surface area contributed by atoms with Crippen LogP contribution in [0.15, 0.2) is 12.1 Å². The predicted molar refractivity (Wildman–Crippen MR) is 94.6 cm³/mol. The van der Waals surface area contributed by atoms with E-state index in [0.717, 1.165) is 11.3 Å². The van der Waals surface area contributed by atoms with Crippen LogP contribution in [0.1, 0.15) is 39.8 Å². The maximum Gasteiger partial charge on any atom is 0.191 e. The second-order valence-electron chi connectivity index (χ2n) is 6.05. The Morgan fingerprint density at radius 2 is 2.00 bits per heavy atom. The van der Waals surface area contributed by atoms with Crippen molar-refractivity contribution in [3.05, 3.63) is 39.1 Å². The molecule has 1 aromatic carbocycles. The molecule has 0 aliphatic carbocycles. The van der Waals surface area contributed by atoms with Crippen LogP contribution in [0.3, 0.4) is 0 Å². The Morgan fingerprint density at radius 3 is 2.60 bits per heavy atom. The molecule has 2 atom stereocenters. The van der Waals surface area contributed by atoms with Crippen LogP contribution in [-0.2, 0) is 4.74 Å². The third kappa shape index (κ3) is 4.03. The van der Waals surface area contributed by atoms with Gasteiger partial charge in [-0.2, -0.15) is 0 Å². The van der Waals surface area contributed by atoms with E-state index in [1.165, 1.54) is 23.5 Å². The number of ether oxygens (including phenoxy) is 1. The normalized spacial score (nSPS) is 20.1. The molecule has 0 bridgehead atoms. The van der Waals surface area contributed by atoms with Gasteiger partial charge in [0.15, 0.2) is 11.3 Å². The van der Waals surface area contributed by atoms with E-state index >= 15 is 0 Å². The van der Waals surface area contributed by atoms with E-state index in [-0.39, 0.29) is 17.8 Å². The molecule has 0 amide bonds. The number of carbonyl (C=O) groups is 1. The number of hydrogen-bond acceptors (Lipinski definition) is 6. The third-order valence-corrected chi connectivity index (χ3v) is 4.59. The Bertz CT molecular complexity index is 846. The number of aldehydes is 1. The molecule has 130 valence electrons. The van der Waals surface area contributed by atoms with Crippen molar-refractivity contribution in [2.24, 2.45) is 0 Å². The molecule has 2 heterocycles. The molecule has 3 rings (SSSR count). The fourth-order valence-corrected chi connectivity index (χ4v) is 3.43. The van der Waals surface area contributed by atoms with Gasteiger partial charge in [0.05, 0.1) is 23.5 Å². The summed E-state index contributed by atoms with van der Waals surface area (Å²) in [6.45, 7) is 6.97. The van der Waals surface area contributed by atoms with Crippen molar-refractivity contribution in [1.82, 2.24) is 10.2 Å². The van der Waals surface area contributed by atoms with E-state index in [9.17, 15) is 9.18 Å². The summed E-state index contributed by atoms with van der Waals surface area (Å²) in [7, 11) is 0. The fraction of sp³-hybridized carbons (Fsp3) is 0.389. The van der Waals surface area contributed by atoms with Gasteiger partial charge >= 0.3 is 0 Å². The van der Waals surface area contributed by atoms with Gasteiger partial charge in [0.1, 0.15) is 10.8 Å². The number of rotatable bonds is 2. The molecule has 2 unspecified atom stereocenters. The lowest BCUT2D eigenvalue weighted by molar-refractivity contribution is -0.00527. The molecule has 1 aliphatic rings. The molecule has 1 aromatic heterocycles. The van der Waals surface area contributed by atoms with Gasteiger partial charge < -0.3 is 9.64 Å². The summed E-state index contributed by atoms with van der Waals surface area (Å²) in [4.78, 5) is 13.5. The van der Waals surface area contributed by atoms with Crippen molar-refractivity contribution in [2.45, 2.75) is 33.0 Å². The standard InChI is InChI=1S/C18H18FN3O2S/c1-11-8-22(9-12(2)24-11)17-7-16(19)14(6-15(17)10-23)4-5-18-21-20-13(3)25-18/h6-7,10-12H,8-9H2,1-3H3. The Balaban J connectivity index is 1.93. The van der Waals surface area contributed by atoms with E-state index in [4.69, 9.17) is 4.74 Å². The summed E-state index contributed by atoms with van der Waals surface area (Å²) in [5.74, 6) is 5.08. The smallest absolute Gasteiger partial charge is 0.191 e. The van der Waals surface area contributed by atoms with Crippen molar-refractivity contribution in [2.75, 3.05) is 18.0 Å². The molecule has 2 aromatic rings. The third-order valence-electron chi connectivity index (χ3n) is 3.83. The second kappa shape index (κ2) is 7.30. The minimum Gasteiger partial charge on any atom is -0.372 e. The maximum absolute atomic E-state index is 14.5. The minimum absolute atomic E-state index is 0.0198. The SMILES string of the molecule is Cc1nnc(C#Cc2cc(C=O)c(N3CC(C)OC(C)C3)cc2F)s1. The summed E-state index contributed by atoms with van der Waals surface area (Å²) in [6.07, 6.45) is 0.776. The highest BCUT2D eigenvalue weighted by atomic mass is 32.1. The van der Waals surface area contributed by atoms with E-state index in [2.05, 4.69) is 22.0 Å². The first kappa shape index (κ1) is 17.5. The molecule has 25 heavy (non-hydrogen) atoms. The number of halogens is 1. The number of anilines is 1. The largest absolute Gasteiger partial charge is 0.372 e. The Hall–Kier alpha value is -2.30. The molecule has 0 radical (unpaired) electrons. The van der Waals surface area contributed by atoms with Crippen LogP contribution in [0.25, 0.3) is 0 Å². The molecule has 5 nitrogen and oxygen atoms in total. The summed E-state index contributed by atoms with van der Waals surface area (Å²) >= 11 is 1.34. The van der Waals surface area contributed by atoms with E-state index in [0.29, 0.717) is 29.3 Å². The lowest BCUT2D eigenvalue weighted by atomic mass is 10.1. The Labute approximate surface area is 149 Å². The molecule has 0 saturated carbocycles. The number of benzene rings is 1. The number of nitrogens with zero attached hydrogens (tertiary/aromatic N) is 3. The van der Waals surface area contributed by atoms with Crippen LogP contribution in [-0.4, -0.2) is 41.8 Å². The maximum atomic E-state index is 14.5. The molecule has 7 heteroatoms. The van der Waals surface area contributed by atoms with Gasteiger partial charge in [0, 0.05) is 18.7 Å². The average molecular weight is 359 g/mol. The summed E-state index contributed by atoms with van der Waals surface area (Å²) in [5, 5.41) is 9.08. The lowest BCUT2D eigenvalue weighted by Gasteiger charge is -2.37. The highest BCUT2D eigenvalue weighted by molar-refractivity contribution is 7.11. The number of aromatic nitrogens is 2. The quantitative estimate of drug-likeness (QED) is 0.610. The van der Waals surface area contributed by atoms with Gasteiger partial charge in [0.25, 0.3) is 0 Å². The number of aryl methyl sites for hydroxylation is 1. The van der Waals surface area contributed by atoms with E-state index < -0.39 is 5.82 Å². The van der Waals surface area contributed by atoms with Crippen molar-refractivity contribution < 1.29 is 13.9 Å². The number of morpholine rings is 1. The van der Waals surface area contributed by atoms with Crippen molar-refractivity contribution >= 4 is 23.3 Å². The monoisotopic (exact) mass is 359 g/mol. The Morgan fingerprint density at radius 1 is 1.28 bits per heavy atom. The topological polar surface area (TPSA) is 55.3 Å². The van der Waals surface area contributed by atoms with Crippen LogP contribution in [0.2, 0.25) is 0 Å². The molecule has 1 aliphatic heterocycles. The van der Waals surface area contributed by atoms with E-state index in [1.54, 1.807) is 0 Å². The van der Waals surface area contributed by atoms with Crippen LogP contribution in [0.4, 0.5) is 10.1 Å². The first-order valence-electron chi connectivity index (χ1n) is 7.97. The van der Waals surface area contributed by atoms with Gasteiger partial charge in [-0.25, -0.2) is 4.39 Å². The van der Waals surface area contributed by atoms with E-state index in [1.807, 2.05) is 25.7 Å². The molecular formula is C18H18FN3O2S. The molecule has 0 spiro atoms. The molecule has 1 fully saturated rings. The van der Waals surface area contributed by atoms with Crippen molar-refractivity contribution in [3.63, 3.8) is 0 Å². The first-order chi connectivity index (χ1) is 12.0. The van der Waals surface area contributed by atoms with Gasteiger partial charge in [-0.3, -0.25) is 4.79 Å². The Kier molecular flexibility index (Phi) is 5.11. The summed E-state index contributed by atoms with van der Waals surface area (Å²) < 4.78 is 20.2. The minimum atomic E-state index is -0.457. The van der Waals surface area contributed by atoms with Crippen LogP contribution < -0.4 is 4.90 Å². The number of hydrogen-bond donors (Lipinski definition) is 0. The highest BCUT2D eigenvalue weighted by Crippen LogP contribution is 2.26. The van der Waals surface area contributed by atoms with Gasteiger partial charge in [-0.15, -0.1) is 10.2 Å². The zero-order chi connectivity index (χ0) is 18.0. The first-order valence-corrected chi connectivity index (χ1v) is 8.79. The van der Waals surface area contributed by atoms with Gasteiger partial charge in [0.2, 0.25) is 0 Å². The average Bonchev–Trinajstić information content (AvgIpc) is 2.98. The van der Waals surface area contributed by atoms with Gasteiger partial charge in [-0.1, -0.05) is 17.3 Å². The zero-order valence-electron chi connectivity index (χ0n) is 14.2. The van der Waals surface area contributed by atoms with Crippen molar-refractivity contribution in [3.8, 4) is 11.8 Å². The van der Waals surface area contributed by atoms with Crippen LogP contribution in [0, 0.1) is 24.6 Å². The second-order valence-corrected chi connectivity index (χ2v) is 7.23. The summed E-state index contributed by atoms with van der Waals surface area (Å²) in [6, 6.07) is 2.87. The fourth-order valence-electron chi connectivity index (χ4n) is 2.89. The van der Waals surface area contributed by atoms with Gasteiger partial charge in [-0.05, 0) is 38.8 Å². The number of carbonyl (C=O) groups excluding carboxylic acids is 1. The van der Waals surface area contributed by atoms with Crippen LogP contribution in [0.5, 0.6) is 0 Å². The van der Waals surface area contributed by atoms with Crippen LogP contribution >= 0.6 is 11.3 Å². The summed E-state index contributed by atoms with van der Waals surface area (Å²) in [5.41, 5.74) is 1.17. The molecular weight excluding hydrogens is 341 g/mol.